The summed E-state index contributed by atoms with van der Waals surface area (Å²) in [5.74, 6) is 2.25. The van der Waals surface area contributed by atoms with E-state index < -0.39 is 0 Å². The van der Waals surface area contributed by atoms with Gasteiger partial charge >= 0.3 is 0 Å². The molecule has 0 bridgehead atoms. The van der Waals surface area contributed by atoms with E-state index in [0.717, 1.165) is 56.1 Å². The predicted octanol–water partition coefficient (Wildman–Crippen LogP) is 4.31. The van der Waals surface area contributed by atoms with Crippen LogP contribution in [0.15, 0.2) is 48.5 Å². The zero-order valence-electron chi connectivity index (χ0n) is 20.3. The second kappa shape index (κ2) is 8.71. The molecule has 4 aromatic rings. The van der Waals surface area contributed by atoms with Crippen LogP contribution in [0.2, 0.25) is 0 Å². The SMILES string of the molecule is Nc1nc(Nc2ccc3c(c2)CN(CC2CC2)CC3)nn1-c1cc2c(nn1)-c1ccccc1CCC2. The Kier molecular flexibility index (Phi) is 5.20. The maximum Gasteiger partial charge on any atom is 0.248 e. The summed E-state index contributed by atoms with van der Waals surface area (Å²) < 4.78 is 1.57. The molecule has 3 heterocycles. The average molecular weight is 479 g/mol. The number of rotatable bonds is 5. The molecule has 36 heavy (non-hydrogen) atoms. The highest BCUT2D eigenvalue weighted by Crippen LogP contribution is 2.33. The van der Waals surface area contributed by atoms with Gasteiger partial charge in [0.1, 0.15) is 0 Å². The van der Waals surface area contributed by atoms with Crippen LogP contribution >= 0.6 is 0 Å². The second-order valence-corrected chi connectivity index (χ2v) is 10.3. The van der Waals surface area contributed by atoms with E-state index in [1.54, 1.807) is 4.68 Å². The van der Waals surface area contributed by atoms with Crippen LogP contribution in [0, 0.1) is 5.92 Å². The number of nitrogens with zero attached hydrogens (tertiary/aromatic N) is 6. The maximum atomic E-state index is 6.27. The Balaban J connectivity index is 1.13. The Bertz CT molecular complexity index is 1440. The summed E-state index contributed by atoms with van der Waals surface area (Å²) in [5, 5.41) is 17.0. The first-order valence-corrected chi connectivity index (χ1v) is 13.0. The Morgan fingerprint density at radius 1 is 0.917 bits per heavy atom. The zero-order chi connectivity index (χ0) is 24.1. The number of benzene rings is 2. The summed E-state index contributed by atoms with van der Waals surface area (Å²) in [5.41, 5.74) is 14.7. The molecule has 0 spiro atoms. The van der Waals surface area contributed by atoms with Gasteiger partial charge in [0.15, 0.2) is 5.82 Å². The number of aryl methyl sites for hydroxylation is 2. The van der Waals surface area contributed by atoms with Crippen LogP contribution in [-0.4, -0.2) is 43.0 Å². The number of nitrogens with two attached hydrogens (primary N) is 1. The van der Waals surface area contributed by atoms with Crippen molar-refractivity contribution in [2.75, 3.05) is 24.1 Å². The van der Waals surface area contributed by atoms with Gasteiger partial charge in [0, 0.05) is 30.9 Å². The third kappa shape index (κ3) is 4.11. The Labute approximate surface area is 210 Å². The van der Waals surface area contributed by atoms with Crippen molar-refractivity contribution >= 4 is 17.6 Å². The lowest BCUT2D eigenvalue weighted by Crippen LogP contribution is -2.32. The molecule has 0 unspecified atom stereocenters. The molecule has 0 radical (unpaired) electrons. The minimum atomic E-state index is 0.286. The van der Waals surface area contributed by atoms with Gasteiger partial charge in [-0.3, -0.25) is 4.90 Å². The first kappa shape index (κ1) is 21.5. The van der Waals surface area contributed by atoms with Crippen molar-refractivity contribution in [2.45, 2.75) is 45.1 Å². The van der Waals surface area contributed by atoms with E-state index in [0.29, 0.717) is 11.8 Å². The summed E-state index contributed by atoms with van der Waals surface area (Å²) in [6, 6.07) is 17.1. The normalized spacial score (nSPS) is 17.1. The summed E-state index contributed by atoms with van der Waals surface area (Å²) in [6.45, 7) is 3.40. The van der Waals surface area contributed by atoms with Gasteiger partial charge in [0.2, 0.25) is 11.9 Å². The standard InChI is InChI=1S/C28H30N8/c29-27-31-28(30-23-11-10-19-12-13-35(16-18-8-9-18)17-22(19)14-23)34-36(27)25-15-21-6-3-5-20-4-1-2-7-24(20)26(21)33-32-25/h1-2,4,7,10-11,14-15,18H,3,5-6,8-9,12-13,16-17H2,(H3,29,30,31,34). The lowest BCUT2D eigenvalue weighted by Gasteiger charge is -2.29. The number of aromatic nitrogens is 5. The minimum absolute atomic E-state index is 0.286. The Morgan fingerprint density at radius 2 is 1.81 bits per heavy atom. The summed E-state index contributed by atoms with van der Waals surface area (Å²) >= 11 is 0. The molecular formula is C28H30N8. The molecule has 2 aromatic heterocycles. The lowest BCUT2D eigenvalue weighted by atomic mass is 9.99. The highest BCUT2D eigenvalue weighted by molar-refractivity contribution is 5.68. The van der Waals surface area contributed by atoms with E-state index in [9.17, 15) is 0 Å². The molecule has 3 N–H and O–H groups in total. The van der Waals surface area contributed by atoms with E-state index in [4.69, 9.17) is 5.73 Å². The summed E-state index contributed by atoms with van der Waals surface area (Å²) in [6.07, 6.45) is 6.96. The highest BCUT2D eigenvalue weighted by Gasteiger charge is 2.26. The topological polar surface area (TPSA) is 97.8 Å². The van der Waals surface area contributed by atoms with Crippen molar-refractivity contribution in [2.24, 2.45) is 5.92 Å². The molecule has 1 saturated carbocycles. The number of nitrogens with one attached hydrogen (secondary N) is 1. The zero-order valence-corrected chi connectivity index (χ0v) is 20.3. The second-order valence-electron chi connectivity index (χ2n) is 10.3. The maximum absolute atomic E-state index is 6.27. The molecule has 7 rings (SSSR count). The van der Waals surface area contributed by atoms with Crippen LogP contribution in [0.5, 0.6) is 0 Å². The van der Waals surface area contributed by atoms with Crippen LogP contribution in [0.25, 0.3) is 17.1 Å². The lowest BCUT2D eigenvalue weighted by molar-refractivity contribution is 0.244. The van der Waals surface area contributed by atoms with E-state index in [-0.39, 0.29) is 5.95 Å². The number of fused-ring (bicyclic) bond motifs is 4. The molecule has 0 atom stereocenters. The van der Waals surface area contributed by atoms with Gasteiger partial charge in [-0.15, -0.1) is 15.3 Å². The molecule has 3 aliphatic rings. The third-order valence-electron chi connectivity index (χ3n) is 7.64. The van der Waals surface area contributed by atoms with Crippen molar-refractivity contribution < 1.29 is 0 Å². The average Bonchev–Trinajstić information content (AvgIpc) is 3.66. The molecule has 8 nitrogen and oxygen atoms in total. The largest absolute Gasteiger partial charge is 0.368 e. The fourth-order valence-electron chi connectivity index (χ4n) is 5.57. The monoisotopic (exact) mass is 478 g/mol. The quantitative estimate of drug-likeness (QED) is 0.441. The van der Waals surface area contributed by atoms with Crippen LogP contribution in [0.3, 0.4) is 0 Å². The summed E-state index contributed by atoms with van der Waals surface area (Å²) in [4.78, 5) is 7.05. The van der Waals surface area contributed by atoms with Gasteiger partial charge < -0.3 is 11.1 Å². The van der Waals surface area contributed by atoms with Crippen LogP contribution in [0.4, 0.5) is 17.6 Å². The van der Waals surface area contributed by atoms with Gasteiger partial charge in [-0.1, -0.05) is 30.3 Å². The molecule has 2 aromatic carbocycles. The van der Waals surface area contributed by atoms with Gasteiger partial charge in [0.25, 0.3) is 0 Å². The smallest absolute Gasteiger partial charge is 0.248 e. The molecule has 0 amide bonds. The van der Waals surface area contributed by atoms with E-state index in [1.165, 1.54) is 47.2 Å². The van der Waals surface area contributed by atoms with E-state index in [1.807, 2.05) is 6.07 Å². The van der Waals surface area contributed by atoms with Crippen molar-refractivity contribution in [3.05, 3.63) is 70.8 Å². The number of hydrogen-bond acceptors (Lipinski definition) is 7. The van der Waals surface area contributed by atoms with E-state index in [2.05, 4.69) is 73.0 Å². The van der Waals surface area contributed by atoms with Crippen LogP contribution in [0.1, 0.15) is 41.5 Å². The first-order valence-electron chi connectivity index (χ1n) is 13.0. The molecule has 1 fully saturated rings. The predicted molar refractivity (Wildman–Crippen MR) is 140 cm³/mol. The molecule has 0 saturated heterocycles. The number of hydrogen-bond donors (Lipinski definition) is 2. The first-order chi connectivity index (χ1) is 17.7. The summed E-state index contributed by atoms with van der Waals surface area (Å²) in [7, 11) is 0. The highest BCUT2D eigenvalue weighted by atomic mass is 15.4. The fourth-order valence-corrected chi connectivity index (χ4v) is 5.57. The van der Waals surface area contributed by atoms with Gasteiger partial charge in [-0.25, -0.2) is 0 Å². The van der Waals surface area contributed by atoms with Crippen molar-refractivity contribution in [1.82, 2.24) is 29.9 Å². The van der Waals surface area contributed by atoms with E-state index >= 15 is 0 Å². The minimum Gasteiger partial charge on any atom is -0.368 e. The molecule has 182 valence electrons. The third-order valence-corrected chi connectivity index (χ3v) is 7.64. The Hall–Kier alpha value is -3.78. The van der Waals surface area contributed by atoms with Crippen molar-refractivity contribution in [1.29, 1.82) is 0 Å². The van der Waals surface area contributed by atoms with Crippen LogP contribution < -0.4 is 11.1 Å². The number of anilines is 3. The molecular weight excluding hydrogens is 448 g/mol. The van der Waals surface area contributed by atoms with Gasteiger partial charge in [0.05, 0.1) is 5.69 Å². The molecule has 8 heteroatoms. The van der Waals surface area contributed by atoms with Crippen molar-refractivity contribution in [3.63, 3.8) is 0 Å². The van der Waals surface area contributed by atoms with Crippen molar-refractivity contribution in [3.8, 4) is 17.1 Å². The van der Waals surface area contributed by atoms with Gasteiger partial charge in [-0.05, 0) is 84.9 Å². The van der Waals surface area contributed by atoms with Gasteiger partial charge in [-0.2, -0.15) is 9.67 Å². The molecule has 1 aliphatic heterocycles. The van der Waals surface area contributed by atoms with Crippen LogP contribution in [-0.2, 0) is 25.8 Å². The fraction of sp³-hybridized carbons (Fsp3) is 0.357. The molecule has 2 aliphatic carbocycles. The number of nitrogen functional groups attached to an aromatic ring is 1. The Morgan fingerprint density at radius 3 is 2.72 bits per heavy atom.